The Morgan fingerprint density at radius 3 is 2.50 bits per heavy atom. The number of hydrogen-bond donors (Lipinski definition) is 1. The van der Waals surface area contributed by atoms with Crippen molar-refractivity contribution in [1.29, 1.82) is 0 Å². The molecule has 2 aromatic carbocycles. The Kier molecular flexibility index (Phi) is 5.04. The van der Waals surface area contributed by atoms with Crippen LogP contribution in [0.5, 0.6) is 0 Å². The van der Waals surface area contributed by atoms with Crippen LogP contribution in [0.2, 0.25) is 15.1 Å². The molecule has 0 aromatic heterocycles. The van der Waals surface area contributed by atoms with E-state index >= 15 is 0 Å². The minimum Gasteiger partial charge on any atom is -0.312 e. The van der Waals surface area contributed by atoms with Gasteiger partial charge in [-0.25, -0.2) is 0 Å². The molecule has 0 spiro atoms. The first-order chi connectivity index (χ1) is 10.6. The van der Waals surface area contributed by atoms with E-state index in [-0.39, 0.29) is 0 Å². The molecule has 0 atom stereocenters. The second-order valence-corrected chi connectivity index (χ2v) is 6.64. The van der Waals surface area contributed by atoms with Crippen molar-refractivity contribution >= 4 is 46.2 Å². The first-order valence-corrected chi connectivity index (χ1v) is 8.24. The van der Waals surface area contributed by atoms with Crippen molar-refractivity contribution in [3.8, 4) is 0 Å². The summed E-state index contributed by atoms with van der Waals surface area (Å²) in [5.74, 6) is 0. The molecular formula is C17H15Cl3N2. The summed E-state index contributed by atoms with van der Waals surface area (Å²) in [4.78, 5) is 4.64. The number of nitrogens with zero attached hydrogens (tertiary/aromatic N) is 1. The van der Waals surface area contributed by atoms with Crippen LogP contribution in [0.25, 0.3) is 0 Å². The monoisotopic (exact) mass is 352 g/mol. The van der Waals surface area contributed by atoms with E-state index in [1.165, 1.54) is 11.3 Å². The summed E-state index contributed by atoms with van der Waals surface area (Å²) in [7, 11) is 0. The minimum atomic E-state index is 0.664. The lowest BCUT2D eigenvalue weighted by atomic mass is 10.1. The van der Waals surface area contributed by atoms with Crippen LogP contribution in [-0.2, 0) is 13.0 Å². The Morgan fingerprint density at radius 1 is 0.955 bits per heavy atom. The molecule has 2 nitrogen and oxygen atoms in total. The number of benzene rings is 2. The van der Waals surface area contributed by atoms with Crippen molar-refractivity contribution in [2.75, 3.05) is 6.54 Å². The summed E-state index contributed by atoms with van der Waals surface area (Å²) < 4.78 is 0. The van der Waals surface area contributed by atoms with E-state index in [1.54, 1.807) is 6.07 Å². The highest BCUT2D eigenvalue weighted by molar-refractivity contribution is 6.34. The Morgan fingerprint density at radius 2 is 1.73 bits per heavy atom. The fourth-order valence-electron chi connectivity index (χ4n) is 2.56. The Balaban J connectivity index is 1.49. The lowest BCUT2D eigenvalue weighted by molar-refractivity contribution is 0.703. The van der Waals surface area contributed by atoms with Gasteiger partial charge in [-0.15, -0.1) is 0 Å². The van der Waals surface area contributed by atoms with E-state index in [9.17, 15) is 0 Å². The van der Waals surface area contributed by atoms with Crippen LogP contribution in [0.15, 0.2) is 41.4 Å². The topological polar surface area (TPSA) is 24.4 Å². The SMILES string of the molecule is Clc1cc(Cl)cc(CNCCC2=Nc3ccc(Cl)cc3C2)c1. The van der Waals surface area contributed by atoms with Crippen molar-refractivity contribution in [2.45, 2.75) is 19.4 Å². The second kappa shape index (κ2) is 7.01. The first-order valence-electron chi connectivity index (χ1n) is 7.11. The van der Waals surface area contributed by atoms with Crippen LogP contribution >= 0.6 is 34.8 Å². The van der Waals surface area contributed by atoms with Crippen LogP contribution in [0, 0.1) is 0 Å². The standard InChI is InChI=1S/C17H15Cl3N2/c18-13-1-2-17-12(7-13)8-16(22-17)3-4-21-10-11-5-14(19)9-15(20)6-11/h1-2,5-7,9,21H,3-4,8,10H2. The van der Waals surface area contributed by atoms with Gasteiger partial charge in [-0.1, -0.05) is 34.8 Å². The summed E-state index contributed by atoms with van der Waals surface area (Å²) >= 11 is 18.0. The lowest BCUT2D eigenvalue weighted by Crippen LogP contribution is -2.18. The molecule has 0 fully saturated rings. The molecule has 3 rings (SSSR count). The van der Waals surface area contributed by atoms with Crippen molar-refractivity contribution < 1.29 is 0 Å². The van der Waals surface area contributed by atoms with Gasteiger partial charge >= 0.3 is 0 Å². The summed E-state index contributed by atoms with van der Waals surface area (Å²) in [5.41, 5.74) is 4.53. The highest BCUT2D eigenvalue weighted by Crippen LogP contribution is 2.29. The first kappa shape index (κ1) is 15.8. The van der Waals surface area contributed by atoms with Crippen molar-refractivity contribution in [2.24, 2.45) is 4.99 Å². The molecule has 114 valence electrons. The van der Waals surface area contributed by atoms with Crippen LogP contribution < -0.4 is 5.32 Å². The molecule has 0 saturated carbocycles. The normalized spacial score (nSPS) is 13.1. The van der Waals surface area contributed by atoms with Gasteiger partial charge in [-0.05, 0) is 53.9 Å². The summed E-state index contributed by atoms with van der Waals surface area (Å²) in [6, 6.07) is 11.4. The van der Waals surface area contributed by atoms with Crippen LogP contribution in [-0.4, -0.2) is 12.3 Å². The molecule has 1 heterocycles. The number of nitrogens with one attached hydrogen (secondary N) is 1. The lowest BCUT2D eigenvalue weighted by Gasteiger charge is -2.06. The van der Waals surface area contributed by atoms with Gasteiger partial charge in [0, 0.05) is 40.3 Å². The summed E-state index contributed by atoms with van der Waals surface area (Å²) in [5, 5.41) is 5.49. The van der Waals surface area contributed by atoms with Gasteiger partial charge in [0.15, 0.2) is 0 Å². The zero-order valence-corrected chi connectivity index (χ0v) is 14.1. The van der Waals surface area contributed by atoms with Gasteiger partial charge in [0.05, 0.1) is 5.69 Å². The average Bonchev–Trinajstić information content (AvgIpc) is 2.84. The predicted molar refractivity (Wildman–Crippen MR) is 95.0 cm³/mol. The third-order valence-corrected chi connectivity index (χ3v) is 4.23. The number of hydrogen-bond acceptors (Lipinski definition) is 2. The molecule has 2 aromatic rings. The van der Waals surface area contributed by atoms with Gasteiger partial charge in [-0.2, -0.15) is 0 Å². The molecule has 1 aliphatic rings. The molecule has 0 unspecified atom stereocenters. The van der Waals surface area contributed by atoms with E-state index in [4.69, 9.17) is 34.8 Å². The average molecular weight is 354 g/mol. The third kappa shape index (κ3) is 4.02. The second-order valence-electron chi connectivity index (χ2n) is 5.33. The fraction of sp³-hybridized carbons (Fsp3) is 0.235. The van der Waals surface area contributed by atoms with Crippen LogP contribution in [0.4, 0.5) is 5.69 Å². The number of halogens is 3. The molecule has 0 aliphatic carbocycles. The Hall–Kier alpha value is -1.06. The van der Waals surface area contributed by atoms with Crippen LogP contribution in [0.1, 0.15) is 17.5 Å². The van der Waals surface area contributed by atoms with Gasteiger partial charge in [0.1, 0.15) is 0 Å². The smallest absolute Gasteiger partial charge is 0.0666 e. The maximum atomic E-state index is 6.01. The van der Waals surface area contributed by atoms with Gasteiger partial charge < -0.3 is 5.32 Å². The highest BCUT2D eigenvalue weighted by Gasteiger charge is 2.14. The molecule has 1 aliphatic heterocycles. The minimum absolute atomic E-state index is 0.664. The zero-order chi connectivity index (χ0) is 15.5. The summed E-state index contributed by atoms with van der Waals surface area (Å²) in [6.45, 7) is 1.61. The van der Waals surface area contributed by atoms with E-state index in [1.807, 2.05) is 30.3 Å². The van der Waals surface area contributed by atoms with E-state index in [0.29, 0.717) is 10.0 Å². The molecule has 22 heavy (non-hydrogen) atoms. The molecule has 0 amide bonds. The molecular weight excluding hydrogens is 339 g/mol. The summed E-state index contributed by atoms with van der Waals surface area (Å²) in [6.07, 6.45) is 1.81. The van der Waals surface area contributed by atoms with E-state index in [0.717, 1.165) is 42.2 Å². The number of aliphatic imine (C=N–C) groups is 1. The largest absolute Gasteiger partial charge is 0.312 e. The highest BCUT2D eigenvalue weighted by atomic mass is 35.5. The maximum Gasteiger partial charge on any atom is 0.0666 e. The van der Waals surface area contributed by atoms with E-state index < -0.39 is 0 Å². The van der Waals surface area contributed by atoms with Crippen molar-refractivity contribution in [3.63, 3.8) is 0 Å². The molecule has 1 N–H and O–H groups in total. The van der Waals surface area contributed by atoms with Crippen LogP contribution in [0.3, 0.4) is 0 Å². The predicted octanol–water partition coefficient (Wildman–Crippen LogP) is 5.46. The fourth-order valence-corrected chi connectivity index (χ4v) is 3.32. The van der Waals surface area contributed by atoms with E-state index in [2.05, 4.69) is 10.3 Å². The Bertz CT molecular complexity index is 706. The molecule has 0 saturated heterocycles. The maximum absolute atomic E-state index is 6.01. The van der Waals surface area contributed by atoms with Crippen molar-refractivity contribution in [3.05, 3.63) is 62.6 Å². The van der Waals surface area contributed by atoms with Gasteiger partial charge in [-0.3, -0.25) is 4.99 Å². The molecule has 0 radical (unpaired) electrons. The number of fused-ring (bicyclic) bond motifs is 1. The third-order valence-electron chi connectivity index (χ3n) is 3.56. The quantitative estimate of drug-likeness (QED) is 0.710. The molecule has 5 heteroatoms. The zero-order valence-electron chi connectivity index (χ0n) is 11.9. The number of rotatable bonds is 5. The Labute approximate surface area is 145 Å². The molecule has 0 bridgehead atoms. The van der Waals surface area contributed by atoms with Gasteiger partial charge in [0.25, 0.3) is 0 Å². The van der Waals surface area contributed by atoms with Gasteiger partial charge in [0.2, 0.25) is 0 Å². The van der Waals surface area contributed by atoms with Crippen molar-refractivity contribution in [1.82, 2.24) is 5.32 Å².